The summed E-state index contributed by atoms with van der Waals surface area (Å²) in [6.07, 6.45) is -3.19. The maximum Gasteiger partial charge on any atom is 0.408 e. The average molecular weight is 238 g/mol. The second kappa shape index (κ2) is 3.30. The first-order valence-electron chi connectivity index (χ1n) is 3.74. The van der Waals surface area contributed by atoms with Crippen molar-refractivity contribution in [3.05, 3.63) is 11.3 Å². The summed E-state index contributed by atoms with van der Waals surface area (Å²) in [6.45, 7) is -1.27. The van der Waals surface area contributed by atoms with Crippen LogP contribution in [-0.2, 0) is 6.54 Å². The zero-order valence-corrected chi connectivity index (χ0v) is 7.79. The molecule has 0 unspecified atom stereocenters. The van der Waals surface area contributed by atoms with Crippen LogP contribution in [0.1, 0.15) is 0 Å². The quantitative estimate of drug-likeness (QED) is 0.753. The predicted octanol–water partition coefficient (Wildman–Crippen LogP) is 1.44. The highest BCUT2D eigenvalue weighted by Crippen LogP contribution is 2.19. The molecule has 2 aromatic heterocycles. The van der Waals surface area contributed by atoms with E-state index in [9.17, 15) is 13.2 Å². The van der Waals surface area contributed by atoms with Crippen molar-refractivity contribution < 1.29 is 13.2 Å². The summed E-state index contributed by atoms with van der Waals surface area (Å²) in [4.78, 5) is 7.34. The zero-order chi connectivity index (χ0) is 11.1. The van der Waals surface area contributed by atoms with Gasteiger partial charge >= 0.3 is 6.18 Å². The van der Waals surface area contributed by atoms with Crippen LogP contribution >= 0.6 is 11.6 Å². The number of hydrogen-bond acceptors (Lipinski definition) is 4. The second-order valence-electron chi connectivity index (χ2n) is 2.70. The van der Waals surface area contributed by atoms with Crippen molar-refractivity contribution in [1.29, 1.82) is 0 Å². The van der Waals surface area contributed by atoms with Gasteiger partial charge in [0.2, 0.25) is 5.65 Å². The van der Waals surface area contributed by atoms with Gasteiger partial charge in [-0.2, -0.15) is 13.2 Å². The Morgan fingerprint density at radius 3 is 2.80 bits per heavy atom. The molecule has 0 bridgehead atoms. The van der Waals surface area contributed by atoms with Gasteiger partial charge in [-0.15, -0.1) is 5.10 Å². The van der Waals surface area contributed by atoms with Crippen LogP contribution in [0.25, 0.3) is 11.3 Å². The summed E-state index contributed by atoms with van der Waals surface area (Å²) in [5.41, 5.74) is -0.0523. The van der Waals surface area contributed by atoms with E-state index in [0.717, 1.165) is 0 Å². The van der Waals surface area contributed by atoms with E-state index < -0.39 is 12.7 Å². The zero-order valence-electron chi connectivity index (χ0n) is 7.03. The first kappa shape index (κ1) is 10.1. The van der Waals surface area contributed by atoms with E-state index in [1.165, 1.54) is 6.20 Å². The van der Waals surface area contributed by atoms with Gasteiger partial charge in [0.1, 0.15) is 11.7 Å². The first-order valence-corrected chi connectivity index (χ1v) is 4.12. The molecule has 0 fully saturated rings. The van der Waals surface area contributed by atoms with Gasteiger partial charge in [-0.05, 0) is 0 Å². The van der Waals surface area contributed by atoms with Gasteiger partial charge in [0.15, 0.2) is 5.65 Å². The van der Waals surface area contributed by atoms with Crippen molar-refractivity contribution in [3.63, 3.8) is 0 Å². The number of hydrogen-bond donors (Lipinski definition) is 0. The van der Waals surface area contributed by atoms with Crippen LogP contribution in [0.5, 0.6) is 0 Å². The summed E-state index contributed by atoms with van der Waals surface area (Å²) < 4.78 is 36.8. The molecule has 2 rings (SSSR count). The van der Waals surface area contributed by atoms with E-state index in [2.05, 4.69) is 20.3 Å². The number of aromatic nitrogens is 5. The van der Waals surface area contributed by atoms with Crippen molar-refractivity contribution >= 4 is 22.9 Å². The van der Waals surface area contributed by atoms with Crippen LogP contribution < -0.4 is 0 Å². The van der Waals surface area contributed by atoms with Crippen LogP contribution in [0.4, 0.5) is 13.2 Å². The highest BCUT2D eigenvalue weighted by molar-refractivity contribution is 6.29. The molecular formula is C6H3ClF3N5. The fourth-order valence-corrected chi connectivity index (χ4v) is 1.14. The van der Waals surface area contributed by atoms with E-state index in [1.807, 2.05) is 0 Å². The minimum absolute atomic E-state index is 0.00627. The van der Waals surface area contributed by atoms with Gasteiger partial charge in [0, 0.05) is 0 Å². The molecular weight excluding hydrogens is 235 g/mol. The van der Waals surface area contributed by atoms with Gasteiger partial charge in [-0.1, -0.05) is 16.8 Å². The van der Waals surface area contributed by atoms with Crippen LogP contribution in [0, 0.1) is 0 Å². The Balaban J connectivity index is 2.48. The molecule has 2 aromatic rings. The summed E-state index contributed by atoms with van der Waals surface area (Å²) >= 11 is 5.50. The normalized spacial score (nSPS) is 12.3. The molecule has 0 N–H and O–H groups in total. The standard InChI is InChI=1S/C6H3ClF3N5/c7-3-1-11-4-5(12-3)15(14-13-4)2-6(8,9)10/h1H,2H2. The molecule has 0 saturated heterocycles. The molecule has 9 heteroatoms. The van der Waals surface area contributed by atoms with Crippen molar-refractivity contribution in [1.82, 2.24) is 25.0 Å². The predicted molar refractivity (Wildman–Crippen MR) is 44.2 cm³/mol. The first-order chi connectivity index (χ1) is 6.96. The van der Waals surface area contributed by atoms with Crippen LogP contribution in [0.15, 0.2) is 6.20 Å². The van der Waals surface area contributed by atoms with Gasteiger partial charge in [-0.25, -0.2) is 14.6 Å². The maximum atomic E-state index is 12.1. The Morgan fingerprint density at radius 1 is 1.40 bits per heavy atom. The highest BCUT2D eigenvalue weighted by atomic mass is 35.5. The van der Waals surface area contributed by atoms with E-state index in [4.69, 9.17) is 11.6 Å². The second-order valence-corrected chi connectivity index (χ2v) is 3.09. The Morgan fingerprint density at radius 2 is 2.13 bits per heavy atom. The molecule has 15 heavy (non-hydrogen) atoms. The van der Waals surface area contributed by atoms with E-state index in [0.29, 0.717) is 4.68 Å². The average Bonchev–Trinajstić information content (AvgIpc) is 2.46. The van der Waals surface area contributed by atoms with Crippen molar-refractivity contribution in [2.75, 3.05) is 0 Å². The largest absolute Gasteiger partial charge is 0.408 e. The number of halogens is 4. The molecule has 0 aromatic carbocycles. The van der Waals surface area contributed by atoms with Crippen molar-refractivity contribution in [3.8, 4) is 0 Å². The lowest BCUT2D eigenvalue weighted by molar-refractivity contribution is -0.142. The third kappa shape index (κ3) is 2.14. The van der Waals surface area contributed by atoms with Crippen molar-refractivity contribution in [2.45, 2.75) is 12.7 Å². The Kier molecular flexibility index (Phi) is 2.22. The van der Waals surface area contributed by atoms with E-state index in [1.54, 1.807) is 0 Å². The minimum Gasteiger partial charge on any atom is -0.229 e. The van der Waals surface area contributed by atoms with Gasteiger partial charge in [-0.3, -0.25) is 0 Å². The fraction of sp³-hybridized carbons (Fsp3) is 0.333. The minimum atomic E-state index is -4.38. The molecule has 0 aliphatic carbocycles. The lowest BCUT2D eigenvalue weighted by Gasteiger charge is -2.05. The third-order valence-corrected chi connectivity index (χ3v) is 1.71. The fourth-order valence-electron chi connectivity index (χ4n) is 1.01. The smallest absolute Gasteiger partial charge is 0.229 e. The molecule has 0 aliphatic heterocycles. The number of fused-ring (bicyclic) bond motifs is 1. The summed E-state index contributed by atoms with van der Waals surface area (Å²) in [6, 6.07) is 0. The van der Waals surface area contributed by atoms with E-state index in [-0.39, 0.29) is 16.4 Å². The summed E-state index contributed by atoms with van der Waals surface area (Å²) in [5, 5.41) is 6.70. The molecule has 5 nitrogen and oxygen atoms in total. The maximum absolute atomic E-state index is 12.1. The monoisotopic (exact) mass is 237 g/mol. The third-order valence-electron chi connectivity index (χ3n) is 1.53. The molecule has 0 aliphatic rings. The molecule has 0 atom stereocenters. The molecule has 0 saturated carbocycles. The van der Waals surface area contributed by atoms with E-state index >= 15 is 0 Å². The van der Waals surface area contributed by atoms with Gasteiger partial charge in [0.25, 0.3) is 0 Å². The highest BCUT2D eigenvalue weighted by Gasteiger charge is 2.30. The topological polar surface area (TPSA) is 56.5 Å². The van der Waals surface area contributed by atoms with Crippen molar-refractivity contribution in [2.24, 2.45) is 0 Å². The lowest BCUT2D eigenvalue weighted by atomic mass is 10.6. The van der Waals surface area contributed by atoms with Crippen LogP contribution in [-0.4, -0.2) is 31.1 Å². The SMILES string of the molecule is FC(F)(F)Cn1nnc2ncc(Cl)nc21. The molecule has 0 spiro atoms. The van der Waals surface area contributed by atoms with Gasteiger partial charge in [0.05, 0.1) is 6.20 Å². The van der Waals surface area contributed by atoms with Crippen LogP contribution in [0.3, 0.4) is 0 Å². The lowest BCUT2D eigenvalue weighted by Crippen LogP contribution is -2.19. The molecule has 80 valence electrons. The summed E-state index contributed by atoms with van der Waals surface area (Å²) in [7, 11) is 0. The molecule has 0 radical (unpaired) electrons. The van der Waals surface area contributed by atoms with Crippen LogP contribution in [0.2, 0.25) is 5.15 Å². The Bertz CT molecular complexity index is 493. The number of rotatable bonds is 1. The Labute approximate surface area is 85.9 Å². The molecule has 0 amide bonds. The van der Waals surface area contributed by atoms with Gasteiger partial charge < -0.3 is 0 Å². The Hall–Kier alpha value is -1.44. The summed E-state index contributed by atoms with van der Waals surface area (Å²) in [5.74, 6) is 0. The molecule has 2 heterocycles. The number of alkyl halides is 3. The number of nitrogens with zero attached hydrogens (tertiary/aromatic N) is 5.